The maximum Gasteiger partial charge on any atom is 0.291 e. The fraction of sp³-hybridized carbons (Fsp3) is 0.389. The monoisotopic (exact) mass is 417 g/mol. The predicted molar refractivity (Wildman–Crippen MR) is 99.9 cm³/mol. The number of amides is 1. The molecule has 1 aliphatic heterocycles. The number of rotatable bonds is 5. The minimum Gasteiger partial charge on any atom is -0.468 e. The van der Waals surface area contributed by atoms with Crippen LogP contribution in [0.3, 0.4) is 0 Å². The number of fused-ring (bicyclic) bond motifs is 1. The summed E-state index contributed by atoms with van der Waals surface area (Å²) >= 11 is 3.39. The van der Waals surface area contributed by atoms with E-state index in [4.69, 9.17) is 4.42 Å². The van der Waals surface area contributed by atoms with Crippen LogP contribution in [0.2, 0.25) is 0 Å². The van der Waals surface area contributed by atoms with Crippen LogP contribution >= 0.6 is 15.9 Å². The number of carbonyl (C=O) groups excluding carboxylic acids is 1. The third-order valence-corrected chi connectivity index (χ3v) is 5.13. The van der Waals surface area contributed by atoms with Crippen LogP contribution in [-0.4, -0.2) is 45.0 Å². The highest BCUT2D eigenvalue weighted by atomic mass is 79.9. The van der Waals surface area contributed by atoms with Crippen molar-refractivity contribution < 1.29 is 9.21 Å². The second kappa shape index (κ2) is 7.59. The Hall–Kier alpha value is -2.19. The smallest absolute Gasteiger partial charge is 0.291 e. The van der Waals surface area contributed by atoms with Crippen molar-refractivity contribution in [3.05, 3.63) is 52.8 Å². The summed E-state index contributed by atoms with van der Waals surface area (Å²) in [6.45, 7) is 2.50. The van der Waals surface area contributed by atoms with Crippen LogP contribution in [0.4, 0.5) is 0 Å². The summed E-state index contributed by atoms with van der Waals surface area (Å²) in [4.78, 5) is 19.2. The highest BCUT2D eigenvalue weighted by molar-refractivity contribution is 9.10. The zero-order valence-corrected chi connectivity index (χ0v) is 15.9. The first-order valence-corrected chi connectivity index (χ1v) is 9.57. The van der Waals surface area contributed by atoms with Gasteiger partial charge in [-0.3, -0.25) is 9.69 Å². The van der Waals surface area contributed by atoms with Crippen LogP contribution in [-0.2, 0) is 0 Å². The molecule has 3 aromatic rings. The summed E-state index contributed by atoms with van der Waals surface area (Å²) in [6, 6.07) is 7.56. The Morgan fingerprint density at radius 1 is 1.27 bits per heavy atom. The van der Waals surface area contributed by atoms with Crippen molar-refractivity contribution in [2.45, 2.75) is 25.3 Å². The van der Waals surface area contributed by atoms with Gasteiger partial charge in [-0.2, -0.15) is 0 Å². The van der Waals surface area contributed by atoms with Crippen molar-refractivity contribution in [3.8, 4) is 0 Å². The molecular weight excluding hydrogens is 398 g/mol. The average molecular weight is 418 g/mol. The molecule has 3 aromatic heterocycles. The van der Waals surface area contributed by atoms with E-state index in [0.717, 1.165) is 23.3 Å². The van der Waals surface area contributed by atoms with Crippen molar-refractivity contribution in [1.82, 2.24) is 24.8 Å². The number of halogens is 1. The fourth-order valence-corrected chi connectivity index (χ4v) is 3.67. The van der Waals surface area contributed by atoms with E-state index in [-0.39, 0.29) is 17.8 Å². The molecule has 4 rings (SSSR count). The van der Waals surface area contributed by atoms with Crippen molar-refractivity contribution in [1.29, 1.82) is 0 Å². The average Bonchev–Trinajstić information content (AvgIpc) is 3.32. The molecule has 0 aliphatic carbocycles. The maximum atomic E-state index is 12.5. The molecule has 1 aliphatic rings. The lowest BCUT2D eigenvalue weighted by molar-refractivity contribution is 0.0904. The van der Waals surface area contributed by atoms with Gasteiger partial charge < -0.3 is 9.73 Å². The first-order chi connectivity index (χ1) is 12.7. The number of hydrogen-bond donors (Lipinski definition) is 1. The summed E-state index contributed by atoms with van der Waals surface area (Å²) in [5.41, 5.74) is 0.636. The van der Waals surface area contributed by atoms with Crippen LogP contribution in [0.5, 0.6) is 0 Å². The van der Waals surface area contributed by atoms with E-state index < -0.39 is 0 Å². The number of nitrogens with zero attached hydrogens (tertiary/aromatic N) is 4. The third kappa shape index (κ3) is 3.66. The van der Waals surface area contributed by atoms with Crippen molar-refractivity contribution in [2.24, 2.45) is 0 Å². The first-order valence-electron chi connectivity index (χ1n) is 8.78. The molecule has 4 heterocycles. The molecule has 1 atom stereocenters. The second-order valence-corrected chi connectivity index (χ2v) is 7.34. The van der Waals surface area contributed by atoms with Gasteiger partial charge in [-0.15, -0.1) is 5.10 Å². The Morgan fingerprint density at radius 3 is 2.88 bits per heavy atom. The van der Waals surface area contributed by atoms with Gasteiger partial charge in [0, 0.05) is 17.2 Å². The number of likely N-dealkylation sites (tertiary alicyclic amines) is 1. The zero-order valence-electron chi connectivity index (χ0n) is 14.3. The Bertz CT molecular complexity index is 886. The SMILES string of the molecule is O=C(NC[C@H](c1ccco1)N1CCCCC1)c1nc2ccc(Br)cn2n1. The molecule has 0 aromatic carbocycles. The van der Waals surface area contributed by atoms with E-state index in [9.17, 15) is 4.79 Å². The van der Waals surface area contributed by atoms with E-state index in [0.29, 0.717) is 12.2 Å². The highest BCUT2D eigenvalue weighted by Crippen LogP contribution is 2.24. The lowest BCUT2D eigenvalue weighted by Crippen LogP contribution is -2.40. The number of furan rings is 1. The Balaban J connectivity index is 1.48. The standard InChI is InChI=1S/C18H20BrN5O2/c19-13-6-7-16-21-17(22-24(16)12-13)18(25)20-11-14(15-5-4-10-26-15)23-8-2-1-3-9-23/h4-7,10,12,14H,1-3,8-9,11H2,(H,20,25)/t14-/m1/s1. The van der Waals surface area contributed by atoms with E-state index in [1.54, 1.807) is 17.0 Å². The van der Waals surface area contributed by atoms with E-state index >= 15 is 0 Å². The predicted octanol–water partition coefficient (Wildman–Crippen LogP) is 3.04. The fourth-order valence-electron chi connectivity index (χ4n) is 3.34. The van der Waals surface area contributed by atoms with Crippen molar-refractivity contribution in [2.75, 3.05) is 19.6 Å². The topological polar surface area (TPSA) is 75.7 Å². The first kappa shape index (κ1) is 17.2. The van der Waals surface area contributed by atoms with Gasteiger partial charge in [0.1, 0.15) is 5.76 Å². The van der Waals surface area contributed by atoms with Crippen LogP contribution in [0.25, 0.3) is 5.65 Å². The number of aromatic nitrogens is 3. The van der Waals surface area contributed by atoms with Crippen molar-refractivity contribution >= 4 is 27.5 Å². The number of hydrogen-bond acceptors (Lipinski definition) is 5. The minimum absolute atomic E-state index is 0.0282. The van der Waals surface area contributed by atoms with Gasteiger partial charge in [0.05, 0.1) is 12.3 Å². The number of pyridine rings is 1. The molecular formula is C18H20BrN5O2. The molecule has 0 spiro atoms. The summed E-state index contributed by atoms with van der Waals surface area (Å²) in [5, 5.41) is 7.22. The maximum absolute atomic E-state index is 12.5. The second-order valence-electron chi connectivity index (χ2n) is 6.42. The van der Waals surface area contributed by atoms with Crippen LogP contribution in [0, 0.1) is 0 Å². The van der Waals surface area contributed by atoms with Crippen molar-refractivity contribution in [3.63, 3.8) is 0 Å². The zero-order chi connectivity index (χ0) is 17.9. The Labute approximate surface area is 159 Å². The third-order valence-electron chi connectivity index (χ3n) is 4.66. The van der Waals surface area contributed by atoms with Gasteiger partial charge in [0.25, 0.3) is 5.91 Å². The van der Waals surface area contributed by atoms with Gasteiger partial charge in [-0.25, -0.2) is 9.50 Å². The molecule has 1 saturated heterocycles. The molecule has 1 fully saturated rings. The summed E-state index contributed by atoms with van der Waals surface area (Å²) in [7, 11) is 0. The molecule has 0 bridgehead atoms. The number of nitrogens with one attached hydrogen (secondary N) is 1. The van der Waals surface area contributed by atoms with Gasteiger partial charge in [0.2, 0.25) is 5.82 Å². The van der Waals surface area contributed by atoms with Gasteiger partial charge in [0.15, 0.2) is 5.65 Å². The Kier molecular flexibility index (Phi) is 5.03. The van der Waals surface area contributed by atoms with Gasteiger partial charge >= 0.3 is 0 Å². The molecule has 0 unspecified atom stereocenters. The highest BCUT2D eigenvalue weighted by Gasteiger charge is 2.25. The van der Waals surface area contributed by atoms with E-state index in [2.05, 4.69) is 36.2 Å². The minimum atomic E-state index is -0.279. The van der Waals surface area contributed by atoms with Gasteiger partial charge in [-0.1, -0.05) is 6.42 Å². The summed E-state index contributed by atoms with van der Waals surface area (Å²) in [6.07, 6.45) is 7.06. The normalized spacial score (nSPS) is 16.7. The van der Waals surface area contributed by atoms with Crippen LogP contribution < -0.4 is 5.32 Å². The molecule has 1 N–H and O–H groups in total. The van der Waals surface area contributed by atoms with Crippen LogP contribution in [0.15, 0.2) is 45.6 Å². The van der Waals surface area contributed by atoms with Gasteiger partial charge in [-0.05, 0) is 66.1 Å². The number of piperidine rings is 1. The molecule has 0 radical (unpaired) electrons. The van der Waals surface area contributed by atoms with E-state index in [1.165, 1.54) is 19.3 Å². The molecule has 7 nitrogen and oxygen atoms in total. The van der Waals surface area contributed by atoms with Crippen LogP contribution in [0.1, 0.15) is 41.7 Å². The molecule has 0 saturated carbocycles. The summed E-state index contributed by atoms with van der Waals surface area (Å²) in [5.74, 6) is 0.761. The summed E-state index contributed by atoms with van der Waals surface area (Å²) < 4.78 is 8.08. The molecule has 8 heteroatoms. The lowest BCUT2D eigenvalue weighted by atomic mass is 10.1. The quantitative estimate of drug-likeness (QED) is 0.690. The molecule has 1 amide bonds. The lowest BCUT2D eigenvalue weighted by Gasteiger charge is -2.33. The van der Waals surface area contributed by atoms with E-state index in [1.807, 2.05) is 24.3 Å². The number of carbonyl (C=O) groups is 1. The molecule has 136 valence electrons. The largest absolute Gasteiger partial charge is 0.468 e. The molecule has 26 heavy (non-hydrogen) atoms. The Morgan fingerprint density at radius 2 is 2.12 bits per heavy atom.